The molecule has 1 fully saturated rings. The maximum Gasteiger partial charge on any atom is 0.278 e. The van der Waals surface area contributed by atoms with Crippen LogP contribution in [0.1, 0.15) is 34.9 Å². The van der Waals surface area contributed by atoms with Crippen molar-refractivity contribution in [3.05, 3.63) is 84.2 Å². The Labute approximate surface area is 166 Å². The van der Waals surface area contributed by atoms with Crippen LogP contribution in [0.2, 0.25) is 0 Å². The van der Waals surface area contributed by atoms with Crippen LogP contribution in [0.15, 0.2) is 72.9 Å². The molecule has 0 saturated carbocycles. The van der Waals surface area contributed by atoms with Crippen molar-refractivity contribution in [2.24, 2.45) is 0 Å². The van der Waals surface area contributed by atoms with Crippen molar-refractivity contribution in [1.29, 1.82) is 0 Å². The number of hydrogen-bond acceptors (Lipinski definition) is 3. The van der Waals surface area contributed by atoms with Gasteiger partial charge in [-0.1, -0.05) is 48.5 Å². The minimum absolute atomic E-state index is 0.0513. The molecule has 3 aromatic rings. The zero-order chi connectivity index (χ0) is 19.2. The molecule has 2 aromatic carbocycles. The molecule has 0 radical (unpaired) electrons. The summed E-state index contributed by atoms with van der Waals surface area (Å²) >= 11 is 0. The molecular formula is C23H26N4O. The molecule has 28 heavy (non-hydrogen) atoms. The zero-order valence-corrected chi connectivity index (χ0v) is 16.0. The molecule has 2 heterocycles. The molecule has 1 aliphatic rings. The van der Waals surface area contributed by atoms with Crippen LogP contribution in [0.5, 0.6) is 0 Å². The molecule has 1 N–H and O–H groups in total. The number of carbonyl (C=O) groups excluding carboxylic acids is 1. The van der Waals surface area contributed by atoms with Gasteiger partial charge in [0.2, 0.25) is 0 Å². The van der Waals surface area contributed by atoms with E-state index in [1.165, 1.54) is 5.56 Å². The van der Waals surface area contributed by atoms with Crippen LogP contribution in [-0.2, 0) is 6.42 Å². The molecule has 5 heteroatoms. The first kappa shape index (κ1) is 18.4. The van der Waals surface area contributed by atoms with Crippen molar-refractivity contribution in [3.8, 4) is 0 Å². The number of nitrogens with zero attached hydrogens (tertiary/aromatic N) is 3. The van der Waals surface area contributed by atoms with Gasteiger partial charge in [0.25, 0.3) is 5.91 Å². The lowest BCUT2D eigenvalue weighted by molar-refractivity contribution is 0.0981. The molecule has 5 nitrogen and oxygen atoms in total. The van der Waals surface area contributed by atoms with Crippen LogP contribution in [0, 0.1) is 0 Å². The van der Waals surface area contributed by atoms with Crippen molar-refractivity contribution in [2.75, 3.05) is 24.5 Å². The summed E-state index contributed by atoms with van der Waals surface area (Å²) in [4.78, 5) is 15.1. The number of anilines is 1. The van der Waals surface area contributed by atoms with E-state index in [9.17, 15) is 4.79 Å². The molecule has 1 unspecified atom stereocenters. The number of rotatable bonds is 6. The fraction of sp³-hybridized carbons (Fsp3) is 0.304. The fourth-order valence-corrected chi connectivity index (χ4v) is 3.69. The number of benzene rings is 2. The normalized spacial score (nSPS) is 16.6. The molecule has 4 rings (SSSR count). The van der Waals surface area contributed by atoms with Crippen LogP contribution >= 0.6 is 0 Å². The van der Waals surface area contributed by atoms with Crippen molar-refractivity contribution >= 4 is 11.6 Å². The Balaban J connectivity index is 1.53. The molecule has 0 spiro atoms. The van der Waals surface area contributed by atoms with E-state index in [2.05, 4.69) is 22.5 Å². The van der Waals surface area contributed by atoms with E-state index >= 15 is 0 Å². The Kier molecular flexibility index (Phi) is 5.83. The average Bonchev–Trinajstić information content (AvgIpc) is 3.26. The number of aromatic nitrogens is 2. The Morgan fingerprint density at radius 1 is 1.07 bits per heavy atom. The maximum absolute atomic E-state index is 13.3. The van der Waals surface area contributed by atoms with Gasteiger partial charge in [-0.25, -0.2) is 0 Å². The predicted octanol–water partition coefficient (Wildman–Crippen LogP) is 3.70. The van der Waals surface area contributed by atoms with Crippen molar-refractivity contribution in [1.82, 2.24) is 15.1 Å². The second kappa shape index (κ2) is 8.85. The minimum atomic E-state index is -0.0513. The number of piperidine rings is 1. The molecule has 1 aliphatic heterocycles. The summed E-state index contributed by atoms with van der Waals surface area (Å²) in [6, 6.07) is 22.3. The lowest BCUT2D eigenvalue weighted by Crippen LogP contribution is -2.34. The number of amides is 1. The van der Waals surface area contributed by atoms with Crippen LogP contribution in [0.3, 0.4) is 0 Å². The first-order valence-corrected chi connectivity index (χ1v) is 9.98. The van der Waals surface area contributed by atoms with Crippen LogP contribution < -0.4 is 10.2 Å². The second-order valence-corrected chi connectivity index (χ2v) is 7.21. The zero-order valence-electron chi connectivity index (χ0n) is 16.0. The first-order chi connectivity index (χ1) is 13.8. The maximum atomic E-state index is 13.3. The van der Waals surface area contributed by atoms with Gasteiger partial charge in [0.1, 0.15) is 0 Å². The first-order valence-electron chi connectivity index (χ1n) is 9.98. The van der Waals surface area contributed by atoms with Gasteiger partial charge in [0, 0.05) is 25.0 Å². The highest BCUT2D eigenvalue weighted by molar-refractivity contribution is 6.04. The van der Waals surface area contributed by atoms with Crippen molar-refractivity contribution < 1.29 is 4.79 Å². The molecule has 144 valence electrons. The van der Waals surface area contributed by atoms with Gasteiger partial charge >= 0.3 is 0 Å². The van der Waals surface area contributed by atoms with Crippen LogP contribution in [0.25, 0.3) is 0 Å². The van der Waals surface area contributed by atoms with E-state index in [-0.39, 0.29) is 5.91 Å². The van der Waals surface area contributed by atoms with Gasteiger partial charge in [0.05, 0.1) is 6.04 Å². The van der Waals surface area contributed by atoms with E-state index in [1.54, 1.807) is 0 Å². The van der Waals surface area contributed by atoms with E-state index in [4.69, 9.17) is 0 Å². The highest BCUT2D eigenvalue weighted by Crippen LogP contribution is 2.19. The summed E-state index contributed by atoms with van der Waals surface area (Å²) < 4.78 is 1.94. The third kappa shape index (κ3) is 4.31. The smallest absolute Gasteiger partial charge is 0.278 e. The molecule has 1 atom stereocenters. The summed E-state index contributed by atoms with van der Waals surface area (Å²) in [7, 11) is 0. The summed E-state index contributed by atoms with van der Waals surface area (Å²) in [5, 5.41) is 8.02. The van der Waals surface area contributed by atoms with Gasteiger partial charge in [-0.15, -0.1) is 0 Å². The van der Waals surface area contributed by atoms with Crippen LogP contribution in [-0.4, -0.2) is 35.3 Å². The van der Waals surface area contributed by atoms with E-state index in [0.29, 0.717) is 18.3 Å². The topological polar surface area (TPSA) is 50.2 Å². The van der Waals surface area contributed by atoms with Gasteiger partial charge < -0.3 is 10.2 Å². The minimum Gasteiger partial charge on any atom is -0.315 e. The number of carbonyl (C=O) groups is 1. The highest BCUT2D eigenvalue weighted by atomic mass is 16.2. The van der Waals surface area contributed by atoms with Crippen molar-refractivity contribution in [2.45, 2.75) is 25.3 Å². The third-order valence-electron chi connectivity index (χ3n) is 5.25. The molecule has 0 bridgehead atoms. The molecule has 1 aromatic heterocycles. The fourth-order valence-electron chi connectivity index (χ4n) is 3.69. The second-order valence-electron chi connectivity index (χ2n) is 7.21. The standard InChI is InChI=1S/C23H26N4O/c28-23(22-14-17-27(25-22)21-12-7-15-24-18-21)26(20-10-5-2-6-11-20)16-13-19-8-3-1-4-9-19/h1-6,8-11,14,17,21,24H,7,12-13,15-16,18H2. The highest BCUT2D eigenvalue weighted by Gasteiger charge is 2.22. The quantitative estimate of drug-likeness (QED) is 0.716. The van der Waals surface area contributed by atoms with Gasteiger partial charge in [0.15, 0.2) is 5.69 Å². The monoisotopic (exact) mass is 374 g/mol. The lowest BCUT2D eigenvalue weighted by atomic mass is 10.1. The largest absolute Gasteiger partial charge is 0.315 e. The number of hydrogen-bond donors (Lipinski definition) is 1. The third-order valence-corrected chi connectivity index (χ3v) is 5.25. The van der Waals surface area contributed by atoms with Crippen LogP contribution in [0.4, 0.5) is 5.69 Å². The Morgan fingerprint density at radius 2 is 1.82 bits per heavy atom. The molecule has 1 saturated heterocycles. The van der Waals surface area contributed by atoms with Gasteiger partial charge in [-0.2, -0.15) is 5.10 Å². The summed E-state index contributed by atoms with van der Waals surface area (Å²) in [5.74, 6) is -0.0513. The molecule has 0 aliphatic carbocycles. The summed E-state index contributed by atoms with van der Waals surface area (Å²) in [6.45, 7) is 2.58. The Hall–Kier alpha value is -2.92. The predicted molar refractivity (Wildman–Crippen MR) is 112 cm³/mol. The van der Waals surface area contributed by atoms with Gasteiger partial charge in [-0.05, 0) is 49.6 Å². The molecular weight excluding hydrogens is 348 g/mol. The molecule has 1 amide bonds. The average molecular weight is 374 g/mol. The summed E-state index contributed by atoms with van der Waals surface area (Å²) in [5.41, 5.74) is 2.62. The number of para-hydroxylation sites is 1. The number of nitrogens with one attached hydrogen (secondary N) is 1. The van der Waals surface area contributed by atoms with Gasteiger partial charge in [-0.3, -0.25) is 9.48 Å². The SMILES string of the molecule is O=C(c1ccn(C2CCCNC2)n1)N(CCc1ccccc1)c1ccccc1. The van der Waals surface area contributed by atoms with E-state index < -0.39 is 0 Å². The Bertz CT molecular complexity index is 885. The summed E-state index contributed by atoms with van der Waals surface area (Å²) in [6.07, 6.45) is 4.97. The lowest BCUT2D eigenvalue weighted by Gasteiger charge is -2.24. The van der Waals surface area contributed by atoms with E-state index in [1.807, 2.05) is 70.4 Å². The van der Waals surface area contributed by atoms with E-state index in [0.717, 1.165) is 38.0 Å². The Morgan fingerprint density at radius 3 is 2.54 bits per heavy atom. The van der Waals surface area contributed by atoms with Crippen molar-refractivity contribution in [3.63, 3.8) is 0 Å².